The normalized spacial score (nSPS) is 10.8. The van der Waals surface area contributed by atoms with Crippen LogP contribution < -0.4 is 11.1 Å². The molecule has 0 unspecified atom stereocenters. The molecule has 112 valence electrons. The van der Waals surface area contributed by atoms with Gasteiger partial charge in [0.25, 0.3) is 5.91 Å². The number of fused-ring (bicyclic) bond motifs is 1. The van der Waals surface area contributed by atoms with Gasteiger partial charge in [-0.25, -0.2) is 4.39 Å². The lowest BCUT2D eigenvalue weighted by Gasteiger charge is -2.04. The predicted molar refractivity (Wildman–Crippen MR) is 85.1 cm³/mol. The molecule has 1 aromatic heterocycles. The standard InChI is InChI=1S/C17H16FN3O/c18-13-4-1-11(2-5-13)12-3-6-16-14(9-12)15(10-21-16)17(22)20-8-7-19/h1-6,9-10,21H,7-8,19H2,(H,20,22). The van der Waals surface area contributed by atoms with Crippen LogP contribution in [0.15, 0.2) is 48.7 Å². The molecule has 0 atom stereocenters. The quantitative estimate of drug-likeness (QED) is 0.693. The number of aromatic nitrogens is 1. The van der Waals surface area contributed by atoms with Gasteiger partial charge in [0, 0.05) is 30.2 Å². The molecule has 4 nitrogen and oxygen atoms in total. The van der Waals surface area contributed by atoms with Crippen molar-refractivity contribution < 1.29 is 9.18 Å². The summed E-state index contributed by atoms with van der Waals surface area (Å²) < 4.78 is 13.0. The number of nitrogens with one attached hydrogen (secondary N) is 2. The third kappa shape index (κ3) is 2.71. The van der Waals surface area contributed by atoms with Crippen molar-refractivity contribution in [1.29, 1.82) is 0 Å². The van der Waals surface area contributed by atoms with Gasteiger partial charge in [0.15, 0.2) is 0 Å². The van der Waals surface area contributed by atoms with Gasteiger partial charge in [-0.3, -0.25) is 4.79 Å². The van der Waals surface area contributed by atoms with Crippen molar-refractivity contribution in [3.8, 4) is 11.1 Å². The number of aromatic amines is 1. The minimum Gasteiger partial charge on any atom is -0.360 e. The predicted octanol–water partition coefficient (Wildman–Crippen LogP) is 2.66. The van der Waals surface area contributed by atoms with Crippen molar-refractivity contribution in [1.82, 2.24) is 10.3 Å². The van der Waals surface area contributed by atoms with Gasteiger partial charge in [0.1, 0.15) is 5.82 Å². The van der Waals surface area contributed by atoms with Crippen molar-refractivity contribution in [3.05, 3.63) is 60.0 Å². The lowest BCUT2D eigenvalue weighted by atomic mass is 10.0. The summed E-state index contributed by atoms with van der Waals surface area (Å²) in [6, 6.07) is 12.1. The van der Waals surface area contributed by atoms with Gasteiger partial charge in [0.05, 0.1) is 5.56 Å². The van der Waals surface area contributed by atoms with E-state index >= 15 is 0 Å². The van der Waals surface area contributed by atoms with Crippen LogP contribution in [0.2, 0.25) is 0 Å². The van der Waals surface area contributed by atoms with E-state index in [1.807, 2.05) is 18.2 Å². The molecule has 1 heterocycles. The zero-order valence-electron chi connectivity index (χ0n) is 11.9. The molecular weight excluding hydrogens is 281 g/mol. The lowest BCUT2D eigenvalue weighted by Crippen LogP contribution is -2.28. The molecule has 0 aliphatic rings. The highest BCUT2D eigenvalue weighted by Crippen LogP contribution is 2.26. The minimum absolute atomic E-state index is 0.159. The molecule has 0 fully saturated rings. The Morgan fingerprint density at radius 1 is 1.14 bits per heavy atom. The van der Waals surface area contributed by atoms with Crippen LogP contribution >= 0.6 is 0 Å². The minimum atomic E-state index is -0.270. The SMILES string of the molecule is NCCNC(=O)c1c[nH]c2ccc(-c3ccc(F)cc3)cc12. The van der Waals surface area contributed by atoms with Gasteiger partial charge in [-0.2, -0.15) is 0 Å². The Kier molecular flexibility index (Phi) is 3.89. The fourth-order valence-electron chi connectivity index (χ4n) is 2.41. The van der Waals surface area contributed by atoms with Crippen LogP contribution in [-0.2, 0) is 0 Å². The number of hydrogen-bond donors (Lipinski definition) is 3. The molecular formula is C17H16FN3O. The van der Waals surface area contributed by atoms with E-state index in [0.717, 1.165) is 22.0 Å². The summed E-state index contributed by atoms with van der Waals surface area (Å²) in [6.07, 6.45) is 1.69. The van der Waals surface area contributed by atoms with E-state index in [2.05, 4.69) is 10.3 Å². The molecule has 3 aromatic rings. The number of nitrogens with two attached hydrogens (primary N) is 1. The maximum absolute atomic E-state index is 13.0. The lowest BCUT2D eigenvalue weighted by molar-refractivity contribution is 0.0956. The summed E-state index contributed by atoms with van der Waals surface area (Å²) in [6.45, 7) is 0.831. The molecule has 0 spiro atoms. The molecule has 4 N–H and O–H groups in total. The third-order valence-electron chi connectivity index (χ3n) is 3.53. The zero-order chi connectivity index (χ0) is 15.5. The van der Waals surface area contributed by atoms with Crippen molar-refractivity contribution in [2.75, 3.05) is 13.1 Å². The Balaban J connectivity index is 2.01. The number of H-pyrrole nitrogens is 1. The van der Waals surface area contributed by atoms with Crippen LogP contribution in [0.3, 0.4) is 0 Å². The monoisotopic (exact) mass is 297 g/mol. The Morgan fingerprint density at radius 3 is 2.59 bits per heavy atom. The molecule has 5 heteroatoms. The Bertz CT molecular complexity index is 808. The van der Waals surface area contributed by atoms with Gasteiger partial charge in [-0.05, 0) is 35.4 Å². The van der Waals surface area contributed by atoms with Crippen LogP contribution in [-0.4, -0.2) is 24.0 Å². The third-order valence-corrected chi connectivity index (χ3v) is 3.53. The Morgan fingerprint density at radius 2 is 1.86 bits per heavy atom. The van der Waals surface area contributed by atoms with Gasteiger partial charge in [-0.15, -0.1) is 0 Å². The summed E-state index contributed by atoms with van der Waals surface area (Å²) in [7, 11) is 0. The maximum Gasteiger partial charge on any atom is 0.253 e. The molecule has 22 heavy (non-hydrogen) atoms. The second-order valence-electron chi connectivity index (χ2n) is 5.01. The second-order valence-corrected chi connectivity index (χ2v) is 5.01. The van der Waals surface area contributed by atoms with E-state index in [4.69, 9.17) is 5.73 Å². The largest absolute Gasteiger partial charge is 0.360 e. The fourth-order valence-corrected chi connectivity index (χ4v) is 2.41. The first kappa shape index (κ1) is 14.3. The second kappa shape index (κ2) is 5.99. The number of rotatable bonds is 4. The van der Waals surface area contributed by atoms with E-state index in [9.17, 15) is 9.18 Å². The first-order valence-corrected chi connectivity index (χ1v) is 7.04. The maximum atomic E-state index is 13.0. The average Bonchev–Trinajstić information content (AvgIpc) is 2.96. The number of amides is 1. The molecule has 0 aliphatic heterocycles. The summed E-state index contributed by atoms with van der Waals surface area (Å²) in [5, 5.41) is 3.59. The Labute approximate surface area is 127 Å². The van der Waals surface area contributed by atoms with E-state index < -0.39 is 0 Å². The van der Waals surface area contributed by atoms with Crippen LogP contribution in [0.25, 0.3) is 22.0 Å². The highest BCUT2D eigenvalue weighted by molar-refractivity contribution is 6.07. The molecule has 0 saturated carbocycles. The summed E-state index contributed by atoms with van der Waals surface area (Å²) >= 11 is 0. The van der Waals surface area contributed by atoms with E-state index in [1.54, 1.807) is 18.3 Å². The number of halogens is 1. The van der Waals surface area contributed by atoms with E-state index in [0.29, 0.717) is 18.7 Å². The summed E-state index contributed by atoms with van der Waals surface area (Å²) in [4.78, 5) is 15.2. The first-order valence-electron chi connectivity index (χ1n) is 7.04. The molecule has 3 rings (SSSR count). The van der Waals surface area contributed by atoms with E-state index in [-0.39, 0.29) is 11.7 Å². The van der Waals surface area contributed by atoms with Crippen LogP contribution in [0.5, 0.6) is 0 Å². The molecule has 1 amide bonds. The van der Waals surface area contributed by atoms with Crippen molar-refractivity contribution >= 4 is 16.8 Å². The topological polar surface area (TPSA) is 70.9 Å². The van der Waals surface area contributed by atoms with Crippen molar-refractivity contribution in [2.24, 2.45) is 5.73 Å². The molecule has 0 aliphatic carbocycles. The number of carbonyl (C=O) groups excluding carboxylic acids is 1. The van der Waals surface area contributed by atoms with Crippen LogP contribution in [0.1, 0.15) is 10.4 Å². The average molecular weight is 297 g/mol. The van der Waals surface area contributed by atoms with Crippen molar-refractivity contribution in [3.63, 3.8) is 0 Å². The number of carbonyl (C=O) groups is 1. The summed E-state index contributed by atoms with van der Waals surface area (Å²) in [5.41, 5.74) is 8.69. The molecule has 0 radical (unpaired) electrons. The Hall–Kier alpha value is -2.66. The van der Waals surface area contributed by atoms with Crippen molar-refractivity contribution in [2.45, 2.75) is 0 Å². The van der Waals surface area contributed by atoms with Crippen LogP contribution in [0, 0.1) is 5.82 Å². The highest BCUT2D eigenvalue weighted by atomic mass is 19.1. The van der Waals surface area contributed by atoms with Gasteiger partial charge in [-0.1, -0.05) is 18.2 Å². The molecule has 0 saturated heterocycles. The first-order chi connectivity index (χ1) is 10.7. The summed E-state index contributed by atoms with van der Waals surface area (Å²) in [5.74, 6) is -0.429. The fraction of sp³-hybridized carbons (Fsp3) is 0.118. The van der Waals surface area contributed by atoms with E-state index in [1.165, 1.54) is 12.1 Å². The highest BCUT2D eigenvalue weighted by Gasteiger charge is 2.12. The number of benzene rings is 2. The zero-order valence-corrected chi connectivity index (χ0v) is 11.9. The van der Waals surface area contributed by atoms with Gasteiger partial charge < -0.3 is 16.0 Å². The van der Waals surface area contributed by atoms with Gasteiger partial charge in [0.2, 0.25) is 0 Å². The van der Waals surface area contributed by atoms with Crippen LogP contribution in [0.4, 0.5) is 4.39 Å². The molecule has 0 bridgehead atoms. The number of hydrogen-bond acceptors (Lipinski definition) is 2. The smallest absolute Gasteiger partial charge is 0.253 e. The van der Waals surface area contributed by atoms with Gasteiger partial charge >= 0.3 is 0 Å². The molecule has 2 aromatic carbocycles.